The summed E-state index contributed by atoms with van der Waals surface area (Å²) in [7, 11) is 3.52. The Kier molecular flexibility index (Phi) is 4.90. The van der Waals surface area contributed by atoms with Crippen molar-refractivity contribution in [2.45, 2.75) is 45.5 Å². The molecule has 6 nitrogen and oxygen atoms in total. The minimum absolute atomic E-state index is 0.291. The Balaban J connectivity index is 2.07. The summed E-state index contributed by atoms with van der Waals surface area (Å²) in [6.45, 7) is 7.50. The molecule has 1 aliphatic rings. The first kappa shape index (κ1) is 14.4. The van der Waals surface area contributed by atoms with Crippen LogP contribution in [0.15, 0.2) is 0 Å². The molecule has 0 amide bonds. The van der Waals surface area contributed by atoms with E-state index >= 15 is 0 Å². The Morgan fingerprint density at radius 3 is 2.74 bits per heavy atom. The van der Waals surface area contributed by atoms with Crippen molar-refractivity contribution in [3.8, 4) is 0 Å². The number of likely N-dealkylation sites (tertiary alicyclic amines) is 1. The van der Waals surface area contributed by atoms with Crippen molar-refractivity contribution in [1.29, 1.82) is 0 Å². The molecule has 19 heavy (non-hydrogen) atoms. The van der Waals surface area contributed by atoms with Gasteiger partial charge in [0, 0.05) is 33.4 Å². The van der Waals surface area contributed by atoms with Crippen LogP contribution in [-0.2, 0) is 22.6 Å². The zero-order valence-electron chi connectivity index (χ0n) is 12.3. The summed E-state index contributed by atoms with van der Waals surface area (Å²) < 4.78 is 12.9. The monoisotopic (exact) mass is 268 g/mol. The minimum Gasteiger partial charge on any atom is -0.383 e. The fourth-order valence-electron chi connectivity index (χ4n) is 2.80. The normalized spacial score (nSPS) is 24.2. The highest BCUT2D eigenvalue weighted by Crippen LogP contribution is 2.22. The maximum Gasteiger partial charge on any atom is 0.147 e. The van der Waals surface area contributed by atoms with Gasteiger partial charge in [-0.1, -0.05) is 0 Å². The van der Waals surface area contributed by atoms with Gasteiger partial charge in [0.05, 0.1) is 19.3 Å². The largest absolute Gasteiger partial charge is 0.383 e. The third kappa shape index (κ3) is 3.13. The molecule has 0 aliphatic carbocycles. The van der Waals surface area contributed by atoms with Gasteiger partial charge in [0.1, 0.15) is 11.6 Å². The van der Waals surface area contributed by atoms with Crippen LogP contribution in [0.25, 0.3) is 0 Å². The fraction of sp³-hybridized carbons (Fsp3) is 0.846. The van der Waals surface area contributed by atoms with Gasteiger partial charge < -0.3 is 14.0 Å². The van der Waals surface area contributed by atoms with Crippen LogP contribution in [0.2, 0.25) is 0 Å². The zero-order chi connectivity index (χ0) is 13.8. The first-order chi connectivity index (χ1) is 9.19. The average Bonchev–Trinajstić information content (AvgIpc) is 2.95. The number of aromatic nitrogens is 3. The molecule has 0 aromatic carbocycles. The summed E-state index contributed by atoms with van der Waals surface area (Å²) in [5, 5.41) is 8.45. The maximum atomic E-state index is 5.48. The predicted octanol–water partition coefficient (Wildman–Crippen LogP) is 0.842. The Morgan fingerprint density at radius 1 is 1.32 bits per heavy atom. The molecule has 1 aromatic heterocycles. The number of nitrogens with zero attached hydrogens (tertiary/aromatic N) is 4. The van der Waals surface area contributed by atoms with Gasteiger partial charge >= 0.3 is 0 Å². The summed E-state index contributed by atoms with van der Waals surface area (Å²) in [5.41, 5.74) is 0. The van der Waals surface area contributed by atoms with E-state index in [2.05, 4.69) is 26.6 Å². The van der Waals surface area contributed by atoms with Crippen molar-refractivity contribution in [3.05, 3.63) is 11.6 Å². The van der Waals surface area contributed by atoms with Crippen molar-refractivity contribution in [3.63, 3.8) is 0 Å². The lowest BCUT2D eigenvalue weighted by Gasteiger charge is -2.23. The van der Waals surface area contributed by atoms with Crippen LogP contribution in [0.4, 0.5) is 0 Å². The highest BCUT2D eigenvalue weighted by atomic mass is 16.5. The van der Waals surface area contributed by atoms with Gasteiger partial charge in [-0.2, -0.15) is 0 Å². The van der Waals surface area contributed by atoms with Crippen LogP contribution < -0.4 is 0 Å². The van der Waals surface area contributed by atoms with Gasteiger partial charge in [-0.25, -0.2) is 0 Å². The molecule has 1 saturated heterocycles. The lowest BCUT2D eigenvalue weighted by Crippen LogP contribution is -2.33. The van der Waals surface area contributed by atoms with Crippen molar-refractivity contribution < 1.29 is 9.47 Å². The van der Waals surface area contributed by atoms with Gasteiger partial charge in [0.15, 0.2) is 0 Å². The molecular weight excluding hydrogens is 244 g/mol. The molecule has 2 atom stereocenters. The van der Waals surface area contributed by atoms with Crippen molar-refractivity contribution in [2.75, 3.05) is 27.4 Å². The number of ether oxygens (including phenoxy) is 2. The third-order valence-electron chi connectivity index (χ3n) is 3.85. The van der Waals surface area contributed by atoms with Crippen LogP contribution >= 0.6 is 0 Å². The Morgan fingerprint density at radius 2 is 2.11 bits per heavy atom. The second-order valence-electron chi connectivity index (χ2n) is 5.04. The van der Waals surface area contributed by atoms with E-state index in [9.17, 15) is 0 Å². The second-order valence-corrected chi connectivity index (χ2v) is 5.04. The van der Waals surface area contributed by atoms with Crippen LogP contribution in [0.5, 0.6) is 0 Å². The summed E-state index contributed by atoms with van der Waals surface area (Å²) in [4.78, 5) is 2.38. The van der Waals surface area contributed by atoms with E-state index in [0.717, 1.165) is 44.3 Å². The van der Waals surface area contributed by atoms with E-state index in [1.165, 1.54) is 0 Å². The zero-order valence-corrected chi connectivity index (χ0v) is 12.3. The van der Waals surface area contributed by atoms with E-state index in [0.29, 0.717) is 12.1 Å². The van der Waals surface area contributed by atoms with E-state index < -0.39 is 0 Å². The van der Waals surface area contributed by atoms with Crippen molar-refractivity contribution >= 4 is 0 Å². The number of hydrogen-bond acceptors (Lipinski definition) is 5. The maximum absolute atomic E-state index is 5.48. The Bertz CT molecular complexity index is 407. The van der Waals surface area contributed by atoms with Gasteiger partial charge in [-0.3, -0.25) is 4.90 Å². The molecule has 2 heterocycles. The van der Waals surface area contributed by atoms with Crippen LogP contribution in [0, 0.1) is 6.92 Å². The highest BCUT2D eigenvalue weighted by Gasteiger charge is 2.32. The lowest BCUT2D eigenvalue weighted by molar-refractivity contribution is 0.104. The quantitative estimate of drug-likeness (QED) is 0.765. The van der Waals surface area contributed by atoms with E-state index in [-0.39, 0.29) is 0 Å². The molecule has 0 N–H and O–H groups in total. The number of hydrogen-bond donors (Lipinski definition) is 0. The fourth-order valence-corrected chi connectivity index (χ4v) is 2.80. The predicted molar refractivity (Wildman–Crippen MR) is 71.9 cm³/mol. The minimum atomic E-state index is 0.291. The summed E-state index contributed by atoms with van der Waals surface area (Å²) in [6.07, 6.45) is 1.31. The summed E-state index contributed by atoms with van der Waals surface area (Å²) in [6, 6.07) is 0.400. The van der Waals surface area contributed by atoms with Gasteiger partial charge in [-0.05, 0) is 20.3 Å². The van der Waals surface area contributed by atoms with Gasteiger partial charge in [-0.15, -0.1) is 10.2 Å². The average molecular weight is 268 g/mol. The van der Waals surface area contributed by atoms with Gasteiger partial charge in [0.25, 0.3) is 0 Å². The molecule has 108 valence electrons. The molecule has 0 bridgehead atoms. The van der Waals surface area contributed by atoms with Crippen molar-refractivity contribution in [2.24, 2.45) is 0 Å². The molecule has 1 fully saturated rings. The van der Waals surface area contributed by atoms with Crippen LogP contribution in [0.3, 0.4) is 0 Å². The Hall–Kier alpha value is -0.980. The Labute approximate surface area is 114 Å². The van der Waals surface area contributed by atoms with Crippen LogP contribution in [0.1, 0.15) is 25.0 Å². The van der Waals surface area contributed by atoms with E-state index in [1.54, 1.807) is 14.2 Å². The summed E-state index contributed by atoms with van der Waals surface area (Å²) >= 11 is 0. The molecule has 0 unspecified atom stereocenters. The number of methoxy groups -OCH3 is 2. The SMILES string of the molecule is CCn1c(C)nnc1CN1C[C@@H](OC)C[C@H]1COC. The third-order valence-corrected chi connectivity index (χ3v) is 3.85. The van der Waals surface area contributed by atoms with E-state index in [1.807, 2.05) is 6.92 Å². The number of rotatable bonds is 6. The molecular formula is C13H24N4O2. The molecule has 0 saturated carbocycles. The first-order valence-corrected chi connectivity index (χ1v) is 6.84. The number of aryl methyl sites for hydroxylation is 1. The lowest BCUT2D eigenvalue weighted by atomic mass is 10.2. The highest BCUT2D eigenvalue weighted by molar-refractivity contribution is 4.96. The topological polar surface area (TPSA) is 52.4 Å². The molecule has 1 aliphatic heterocycles. The second kappa shape index (κ2) is 6.45. The molecule has 0 radical (unpaired) electrons. The molecule has 0 spiro atoms. The van der Waals surface area contributed by atoms with E-state index in [4.69, 9.17) is 9.47 Å². The smallest absolute Gasteiger partial charge is 0.147 e. The standard InChI is InChI=1S/C13H24N4O2/c1-5-17-10(2)14-15-13(17)8-16-7-12(19-4)6-11(16)9-18-3/h11-12H,5-9H2,1-4H3/t11-,12-/m0/s1. The van der Waals surface area contributed by atoms with Gasteiger partial charge in [0.2, 0.25) is 0 Å². The first-order valence-electron chi connectivity index (χ1n) is 6.84. The molecule has 1 aromatic rings. The molecule has 6 heteroatoms. The van der Waals surface area contributed by atoms with Crippen LogP contribution in [-0.4, -0.2) is 59.2 Å². The summed E-state index contributed by atoms with van der Waals surface area (Å²) in [5.74, 6) is 2.00. The molecule has 2 rings (SSSR count). The van der Waals surface area contributed by atoms with Crippen molar-refractivity contribution in [1.82, 2.24) is 19.7 Å².